The van der Waals surface area contributed by atoms with Crippen molar-refractivity contribution in [2.24, 2.45) is 7.05 Å². The molecule has 0 saturated heterocycles. The Kier molecular flexibility index (Phi) is 2.33. The summed E-state index contributed by atoms with van der Waals surface area (Å²) in [5.41, 5.74) is -0.101. The summed E-state index contributed by atoms with van der Waals surface area (Å²) < 4.78 is 1.56. The third-order valence-electron chi connectivity index (χ3n) is 1.74. The fraction of sp³-hybridized carbons (Fsp3) is 0.222. The normalized spacial score (nSPS) is 13.8. The smallest absolute Gasteiger partial charge is 0.306 e. The van der Waals surface area contributed by atoms with Gasteiger partial charge in [0.1, 0.15) is 0 Å². The van der Waals surface area contributed by atoms with Gasteiger partial charge in [0.05, 0.1) is 10.7 Å². The van der Waals surface area contributed by atoms with Crippen LogP contribution in [0.2, 0.25) is 0 Å². The van der Waals surface area contributed by atoms with E-state index < -0.39 is 0 Å². The number of nitrogens with one attached hydrogen (secondary N) is 1. The van der Waals surface area contributed by atoms with Crippen molar-refractivity contribution >= 4 is 12.2 Å². The van der Waals surface area contributed by atoms with Gasteiger partial charge in [-0.3, -0.25) is 4.57 Å². The van der Waals surface area contributed by atoms with E-state index >= 15 is 0 Å². The van der Waals surface area contributed by atoms with Gasteiger partial charge in [0.2, 0.25) is 0 Å². The second-order valence-electron chi connectivity index (χ2n) is 2.48. The first-order valence-electron chi connectivity index (χ1n) is 3.74. The molecule has 64 valence electrons. The maximum absolute atomic E-state index is 11.1. The van der Waals surface area contributed by atoms with Crippen molar-refractivity contribution in [2.45, 2.75) is 6.92 Å². The third-order valence-corrected chi connectivity index (χ3v) is 1.74. The maximum Gasteiger partial charge on any atom is 0.326 e. The highest BCUT2D eigenvalue weighted by molar-refractivity contribution is 5.33. The van der Waals surface area contributed by atoms with Crippen molar-refractivity contribution in [1.29, 1.82) is 0 Å². The molecule has 0 atom stereocenters. The van der Waals surface area contributed by atoms with E-state index in [2.05, 4.69) is 11.6 Å². The fourth-order valence-electron chi connectivity index (χ4n) is 1.15. The molecule has 12 heavy (non-hydrogen) atoms. The van der Waals surface area contributed by atoms with Gasteiger partial charge in [0.25, 0.3) is 0 Å². The molecule has 0 aliphatic carbocycles. The molecule has 0 amide bonds. The fourth-order valence-corrected chi connectivity index (χ4v) is 1.15. The molecule has 0 unspecified atom stereocenters. The molecule has 0 bridgehead atoms. The van der Waals surface area contributed by atoms with E-state index in [4.69, 9.17) is 0 Å². The molecule has 1 heterocycles. The summed E-state index contributed by atoms with van der Waals surface area (Å²) >= 11 is 0. The molecule has 0 aliphatic rings. The van der Waals surface area contributed by atoms with E-state index in [0.717, 1.165) is 10.7 Å². The van der Waals surface area contributed by atoms with Crippen molar-refractivity contribution in [3.05, 3.63) is 33.8 Å². The van der Waals surface area contributed by atoms with Gasteiger partial charge in [0, 0.05) is 7.05 Å². The lowest BCUT2D eigenvalue weighted by Gasteiger charge is -1.84. The Hall–Kier alpha value is -1.51. The topological polar surface area (TPSA) is 37.8 Å². The van der Waals surface area contributed by atoms with Crippen LogP contribution >= 0.6 is 0 Å². The van der Waals surface area contributed by atoms with Crippen LogP contribution in [0.15, 0.2) is 17.4 Å². The predicted octanol–water partition coefficient (Wildman–Crippen LogP) is -0.520. The summed E-state index contributed by atoms with van der Waals surface area (Å²) in [4.78, 5) is 13.8. The molecule has 3 heteroatoms. The van der Waals surface area contributed by atoms with Crippen LogP contribution in [-0.2, 0) is 7.05 Å². The summed E-state index contributed by atoms with van der Waals surface area (Å²) in [6.45, 7) is 5.46. The van der Waals surface area contributed by atoms with Crippen LogP contribution in [-0.4, -0.2) is 9.55 Å². The first-order chi connectivity index (χ1) is 5.70. The second kappa shape index (κ2) is 3.26. The number of aromatic nitrogens is 2. The molecule has 3 nitrogen and oxygen atoms in total. The molecule has 0 spiro atoms. The minimum atomic E-state index is -0.101. The average molecular weight is 164 g/mol. The lowest BCUT2D eigenvalue weighted by molar-refractivity contribution is 0.835. The molecule has 0 saturated carbocycles. The number of imidazole rings is 1. The number of hydrogen-bond donors (Lipinski definition) is 1. The van der Waals surface area contributed by atoms with E-state index in [1.807, 2.05) is 13.0 Å². The highest BCUT2D eigenvalue weighted by Crippen LogP contribution is 1.62. The zero-order valence-corrected chi connectivity index (χ0v) is 7.29. The number of aromatic amines is 1. The summed E-state index contributed by atoms with van der Waals surface area (Å²) in [7, 11) is 1.73. The van der Waals surface area contributed by atoms with Crippen molar-refractivity contribution in [3.63, 3.8) is 0 Å². The van der Waals surface area contributed by atoms with E-state index in [0.29, 0.717) is 0 Å². The van der Waals surface area contributed by atoms with Crippen LogP contribution in [0.5, 0.6) is 0 Å². The van der Waals surface area contributed by atoms with Crippen LogP contribution in [0, 0.1) is 0 Å². The van der Waals surface area contributed by atoms with Crippen molar-refractivity contribution in [3.8, 4) is 0 Å². The lowest BCUT2D eigenvalue weighted by atomic mass is 10.4. The second-order valence-corrected chi connectivity index (χ2v) is 2.48. The van der Waals surface area contributed by atoms with Crippen LogP contribution in [0.25, 0.3) is 12.2 Å². The van der Waals surface area contributed by atoms with E-state index in [-0.39, 0.29) is 5.69 Å². The van der Waals surface area contributed by atoms with Crippen LogP contribution in [0.1, 0.15) is 6.92 Å². The Balaban J connectivity index is 3.75. The highest BCUT2D eigenvalue weighted by Gasteiger charge is 1.93. The summed E-state index contributed by atoms with van der Waals surface area (Å²) in [6.07, 6.45) is 5.31. The SMILES string of the molecule is C=C/C=c1/[nH]c(=O)n(C)/c1=C/C. The third kappa shape index (κ3) is 1.25. The lowest BCUT2D eigenvalue weighted by Crippen LogP contribution is -2.29. The van der Waals surface area contributed by atoms with Gasteiger partial charge in [-0.15, -0.1) is 0 Å². The number of allylic oxidation sites excluding steroid dienone is 1. The predicted molar refractivity (Wildman–Crippen MR) is 50.1 cm³/mol. The van der Waals surface area contributed by atoms with Crippen LogP contribution < -0.4 is 16.4 Å². The minimum Gasteiger partial charge on any atom is -0.306 e. The monoisotopic (exact) mass is 164 g/mol. The van der Waals surface area contributed by atoms with Gasteiger partial charge >= 0.3 is 5.69 Å². The summed E-state index contributed by atoms with van der Waals surface area (Å²) in [6, 6.07) is 0. The molecule has 0 aliphatic heterocycles. The van der Waals surface area contributed by atoms with E-state index in [1.54, 1.807) is 23.8 Å². The first kappa shape index (κ1) is 8.59. The molecular formula is C9H12N2O. The zero-order valence-electron chi connectivity index (χ0n) is 7.29. The van der Waals surface area contributed by atoms with Crippen LogP contribution in [0.3, 0.4) is 0 Å². The van der Waals surface area contributed by atoms with Crippen molar-refractivity contribution < 1.29 is 0 Å². The van der Waals surface area contributed by atoms with Gasteiger partial charge in [-0.05, 0) is 13.0 Å². The Labute approximate surface area is 70.4 Å². The first-order valence-corrected chi connectivity index (χ1v) is 3.74. The molecule has 1 aromatic rings. The highest BCUT2D eigenvalue weighted by atomic mass is 16.1. The number of nitrogens with zero attached hydrogens (tertiary/aromatic N) is 1. The molecule has 0 radical (unpaired) electrons. The molecule has 1 N–H and O–H groups in total. The van der Waals surface area contributed by atoms with E-state index in [1.165, 1.54) is 0 Å². The standard InChI is InChI=1S/C9H12N2O/c1-4-6-7-8(5-2)11(3)9(12)10-7/h4-6H,1H2,2-3H3,(H,10,12)/b7-6+,8-5+. The van der Waals surface area contributed by atoms with Gasteiger partial charge in [-0.25, -0.2) is 4.79 Å². The summed E-state index contributed by atoms with van der Waals surface area (Å²) in [5, 5.41) is 1.69. The van der Waals surface area contributed by atoms with Crippen LogP contribution in [0.4, 0.5) is 0 Å². The quantitative estimate of drug-likeness (QED) is 0.596. The Bertz CT molecular complexity index is 448. The largest absolute Gasteiger partial charge is 0.326 e. The van der Waals surface area contributed by atoms with Crippen molar-refractivity contribution in [2.75, 3.05) is 0 Å². The Morgan fingerprint density at radius 3 is 2.75 bits per heavy atom. The number of rotatable bonds is 1. The number of hydrogen-bond acceptors (Lipinski definition) is 1. The van der Waals surface area contributed by atoms with Gasteiger partial charge in [-0.1, -0.05) is 18.7 Å². The number of H-pyrrole nitrogens is 1. The van der Waals surface area contributed by atoms with Crippen molar-refractivity contribution in [1.82, 2.24) is 9.55 Å². The average Bonchev–Trinajstić information content (AvgIpc) is 2.29. The van der Waals surface area contributed by atoms with Gasteiger partial charge < -0.3 is 4.98 Å². The maximum atomic E-state index is 11.1. The molecule has 0 fully saturated rings. The molecule has 1 aromatic heterocycles. The Morgan fingerprint density at radius 2 is 2.25 bits per heavy atom. The molecule has 1 rings (SSSR count). The molecular weight excluding hydrogens is 152 g/mol. The van der Waals surface area contributed by atoms with Gasteiger partial charge in [0.15, 0.2) is 0 Å². The van der Waals surface area contributed by atoms with Gasteiger partial charge in [-0.2, -0.15) is 0 Å². The Morgan fingerprint density at radius 1 is 1.58 bits per heavy atom. The molecule has 0 aromatic carbocycles. The summed E-state index contributed by atoms with van der Waals surface area (Å²) in [5.74, 6) is 0. The zero-order chi connectivity index (χ0) is 9.14. The van der Waals surface area contributed by atoms with E-state index in [9.17, 15) is 4.79 Å². The minimum absolute atomic E-state index is 0.101.